The van der Waals surface area contributed by atoms with Crippen LogP contribution in [-0.2, 0) is 9.53 Å². The van der Waals surface area contributed by atoms with Gasteiger partial charge in [-0.2, -0.15) is 0 Å². The number of para-hydroxylation sites is 1. The molecule has 3 rings (SSSR count). The van der Waals surface area contributed by atoms with E-state index in [9.17, 15) is 19.7 Å². The van der Waals surface area contributed by atoms with E-state index in [-0.39, 0.29) is 28.2 Å². The van der Waals surface area contributed by atoms with E-state index in [0.29, 0.717) is 0 Å². The van der Waals surface area contributed by atoms with Crippen LogP contribution in [0, 0.1) is 10.1 Å². The van der Waals surface area contributed by atoms with Crippen LogP contribution >= 0.6 is 11.6 Å². The molecule has 1 saturated carbocycles. The van der Waals surface area contributed by atoms with Crippen molar-refractivity contribution in [1.82, 2.24) is 0 Å². The fourth-order valence-corrected chi connectivity index (χ4v) is 3.74. The summed E-state index contributed by atoms with van der Waals surface area (Å²) in [5, 5.41) is 11.0. The molecule has 152 valence electrons. The second-order valence-corrected chi connectivity index (χ2v) is 7.30. The number of carbonyl (C=O) groups is 2. The van der Waals surface area contributed by atoms with Crippen LogP contribution in [0.25, 0.3) is 0 Å². The van der Waals surface area contributed by atoms with Crippen LogP contribution in [0.3, 0.4) is 0 Å². The van der Waals surface area contributed by atoms with Crippen LogP contribution in [0.15, 0.2) is 48.5 Å². The van der Waals surface area contributed by atoms with Gasteiger partial charge >= 0.3 is 5.97 Å². The van der Waals surface area contributed by atoms with Crippen LogP contribution in [0.1, 0.15) is 42.5 Å². The lowest BCUT2D eigenvalue weighted by atomic mass is 9.93. The lowest BCUT2D eigenvalue weighted by molar-refractivity contribution is -0.384. The number of nitrogens with zero attached hydrogens (tertiary/aromatic N) is 2. The number of rotatable bonds is 6. The van der Waals surface area contributed by atoms with E-state index >= 15 is 0 Å². The molecule has 0 bridgehead atoms. The molecule has 7 nitrogen and oxygen atoms in total. The highest BCUT2D eigenvalue weighted by Crippen LogP contribution is 2.28. The summed E-state index contributed by atoms with van der Waals surface area (Å²) in [5.74, 6) is -1.21. The molecular weight excluding hydrogens is 396 g/mol. The molecule has 0 atom stereocenters. The molecule has 0 heterocycles. The lowest BCUT2D eigenvalue weighted by Crippen LogP contribution is -2.43. The average molecular weight is 417 g/mol. The molecule has 1 fully saturated rings. The molecule has 0 unspecified atom stereocenters. The van der Waals surface area contributed by atoms with Crippen molar-refractivity contribution in [3.05, 3.63) is 69.2 Å². The second-order valence-electron chi connectivity index (χ2n) is 6.89. The number of non-ortho nitro benzene ring substituents is 1. The second kappa shape index (κ2) is 9.52. The van der Waals surface area contributed by atoms with E-state index in [1.165, 1.54) is 12.1 Å². The molecule has 8 heteroatoms. The Kier molecular flexibility index (Phi) is 6.82. The van der Waals surface area contributed by atoms with Crippen molar-refractivity contribution in [3.63, 3.8) is 0 Å². The van der Waals surface area contributed by atoms with Crippen LogP contribution in [-0.4, -0.2) is 29.4 Å². The first-order valence-electron chi connectivity index (χ1n) is 9.45. The number of anilines is 1. The van der Waals surface area contributed by atoms with Crippen molar-refractivity contribution in [2.45, 2.75) is 38.1 Å². The van der Waals surface area contributed by atoms with Gasteiger partial charge in [0.2, 0.25) is 0 Å². The topological polar surface area (TPSA) is 89.8 Å². The molecule has 2 aromatic carbocycles. The van der Waals surface area contributed by atoms with E-state index in [1.54, 1.807) is 4.90 Å². The normalized spacial score (nSPS) is 14.2. The van der Waals surface area contributed by atoms with Crippen molar-refractivity contribution in [3.8, 4) is 0 Å². The van der Waals surface area contributed by atoms with Gasteiger partial charge < -0.3 is 9.64 Å². The number of hydrogen-bond acceptors (Lipinski definition) is 5. The number of carbonyl (C=O) groups excluding carboxylic acids is 2. The van der Waals surface area contributed by atoms with Crippen molar-refractivity contribution in [1.29, 1.82) is 0 Å². The number of ether oxygens (including phenoxy) is 1. The van der Waals surface area contributed by atoms with Crippen molar-refractivity contribution < 1.29 is 19.2 Å². The number of amides is 1. The quantitative estimate of drug-likeness (QED) is 0.384. The Labute approximate surface area is 173 Å². The van der Waals surface area contributed by atoms with Gasteiger partial charge in [-0.05, 0) is 31.0 Å². The molecule has 1 aliphatic carbocycles. The summed E-state index contributed by atoms with van der Waals surface area (Å²) in [6.45, 7) is -0.469. The summed E-state index contributed by atoms with van der Waals surface area (Å²) >= 11 is 5.97. The number of benzene rings is 2. The van der Waals surface area contributed by atoms with Gasteiger partial charge in [0.15, 0.2) is 6.61 Å². The van der Waals surface area contributed by atoms with E-state index in [4.69, 9.17) is 16.3 Å². The van der Waals surface area contributed by atoms with Crippen LogP contribution in [0.4, 0.5) is 11.4 Å². The molecule has 1 amide bonds. The van der Waals surface area contributed by atoms with Crippen LogP contribution in [0.2, 0.25) is 5.02 Å². The van der Waals surface area contributed by atoms with Gasteiger partial charge in [-0.3, -0.25) is 14.9 Å². The molecule has 29 heavy (non-hydrogen) atoms. The molecule has 1 aliphatic rings. The first-order valence-corrected chi connectivity index (χ1v) is 9.83. The Balaban J connectivity index is 1.74. The van der Waals surface area contributed by atoms with Gasteiger partial charge in [0.25, 0.3) is 11.6 Å². The highest BCUT2D eigenvalue weighted by atomic mass is 35.5. The van der Waals surface area contributed by atoms with Gasteiger partial charge in [0, 0.05) is 23.9 Å². The summed E-state index contributed by atoms with van der Waals surface area (Å²) < 4.78 is 5.16. The summed E-state index contributed by atoms with van der Waals surface area (Å²) in [5.41, 5.74) is 0.340. The zero-order valence-corrected chi connectivity index (χ0v) is 16.5. The summed E-state index contributed by atoms with van der Waals surface area (Å²) in [6, 6.07) is 12.8. The molecule has 0 aromatic heterocycles. The standard InChI is InChI=1S/C21H21ClN2O5/c22-19-12-11-17(24(27)28)13-18(19)21(26)29-14-20(25)23(15-7-3-1-4-8-15)16-9-5-2-6-10-16/h1,3-4,7-8,11-13,16H,2,5-6,9-10,14H2. The number of hydrogen-bond donors (Lipinski definition) is 0. The van der Waals surface area contributed by atoms with Gasteiger partial charge in [0.05, 0.1) is 15.5 Å². The Morgan fingerprint density at radius 3 is 2.45 bits per heavy atom. The largest absolute Gasteiger partial charge is 0.452 e. The average Bonchev–Trinajstić information content (AvgIpc) is 2.74. The number of halogens is 1. The Hall–Kier alpha value is -2.93. The molecule has 0 aliphatic heterocycles. The Bertz CT molecular complexity index is 897. The smallest absolute Gasteiger partial charge is 0.340 e. The van der Waals surface area contributed by atoms with E-state index in [0.717, 1.165) is 43.9 Å². The number of esters is 1. The minimum absolute atomic E-state index is 0.0280. The predicted octanol–water partition coefficient (Wildman–Crippen LogP) is 4.77. The first kappa shape index (κ1) is 20.8. The zero-order valence-electron chi connectivity index (χ0n) is 15.8. The predicted molar refractivity (Wildman–Crippen MR) is 109 cm³/mol. The molecule has 0 N–H and O–H groups in total. The third kappa shape index (κ3) is 5.12. The first-order chi connectivity index (χ1) is 14.0. The fourth-order valence-electron chi connectivity index (χ4n) is 3.54. The molecule has 2 aromatic rings. The van der Waals surface area contributed by atoms with E-state index in [2.05, 4.69) is 0 Å². The molecular formula is C21H21ClN2O5. The minimum atomic E-state index is -0.872. The Morgan fingerprint density at radius 2 is 1.79 bits per heavy atom. The maximum absolute atomic E-state index is 12.9. The number of nitro benzene ring substituents is 1. The third-order valence-electron chi connectivity index (χ3n) is 4.95. The highest BCUT2D eigenvalue weighted by molar-refractivity contribution is 6.33. The van der Waals surface area contributed by atoms with Crippen molar-refractivity contribution >= 4 is 34.9 Å². The van der Waals surface area contributed by atoms with Crippen molar-refractivity contribution in [2.24, 2.45) is 0 Å². The highest BCUT2D eigenvalue weighted by Gasteiger charge is 2.28. The monoisotopic (exact) mass is 416 g/mol. The van der Waals surface area contributed by atoms with Gasteiger partial charge in [-0.15, -0.1) is 0 Å². The van der Waals surface area contributed by atoms with Gasteiger partial charge in [-0.1, -0.05) is 49.1 Å². The summed E-state index contributed by atoms with van der Waals surface area (Å²) in [7, 11) is 0. The van der Waals surface area contributed by atoms with E-state index in [1.807, 2.05) is 30.3 Å². The van der Waals surface area contributed by atoms with E-state index < -0.39 is 17.5 Å². The fraction of sp³-hybridized carbons (Fsp3) is 0.333. The maximum atomic E-state index is 12.9. The third-order valence-corrected chi connectivity index (χ3v) is 5.28. The maximum Gasteiger partial charge on any atom is 0.340 e. The summed E-state index contributed by atoms with van der Waals surface area (Å²) in [6.07, 6.45) is 5.03. The lowest BCUT2D eigenvalue weighted by Gasteiger charge is -2.34. The number of nitro groups is 1. The molecule has 0 radical (unpaired) electrons. The molecule has 0 spiro atoms. The van der Waals surface area contributed by atoms with Gasteiger partial charge in [0.1, 0.15) is 0 Å². The summed E-state index contributed by atoms with van der Waals surface area (Å²) in [4.78, 5) is 37.3. The van der Waals surface area contributed by atoms with Crippen LogP contribution < -0.4 is 4.90 Å². The van der Waals surface area contributed by atoms with Gasteiger partial charge in [-0.25, -0.2) is 4.79 Å². The minimum Gasteiger partial charge on any atom is -0.452 e. The van der Waals surface area contributed by atoms with Crippen LogP contribution in [0.5, 0.6) is 0 Å². The SMILES string of the molecule is O=C(OCC(=O)N(c1ccccc1)C1CCCCC1)c1cc([N+](=O)[O-])ccc1Cl. The molecule has 0 saturated heterocycles. The zero-order chi connectivity index (χ0) is 20.8. The Morgan fingerprint density at radius 1 is 1.10 bits per heavy atom. The van der Waals surface area contributed by atoms with Crippen molar-refractivity contribution in [2.75, 3.05) is 11.5 Å².